The maximum atomic E-state index is 5.59. The van der Waals surface area contributed by atoms with Gasteiger partial charge in [0.25, 0.3) is 0 Å². The second-order valence-corrected chi connectivity index (χ2v) is 5.39. The van der Waals surface area contributed by atoms with E-state index in [9.17, 15) is 0 Å². The van der Waals surface area contributed by atoms with Crippen LogP contribution in [0.25, 0.3) is 11.4 Å². The molecule has 2 aromatic rings. The highest BCUT2D eigenvalue weighted by Crippen LogP contribution is 2.26. The summed E-state index contributed by atoms with van der Waals surface area (Å²) in [7, 11) is 0. The Hall–Kier alpha value is -1.51. The fraction of sp³-hybridized carbons (Fsp3) is 0.100. The van der Waals surface area contributed by atoms with E-state index in [1.54, 1.807) is 6.08 Å². The number of rotatable bonds is 4. The Morgan fingerprint density at radius 2 is 2.11 bits per heavy atom. The van der Waals surface area contributed by atoms with Crippen LogP contribution in [0.3, 0.4) is 0 Å². The molecule has 0 aromatic carbocycles. The number of hydrogen-bond donors (Lipinski definition) is 3. The zero-order valence-electron chi connectivity index (χ0n) is 9.34. The SMILES string of the molecule is C=CCNC(=S)Nc1nc(-c2csc(N)n2)cs1. The van der Waals surface area contributed by atoms with Crippen LogP contribution in [-0.2, 0) is 0 Å². The van der Waals surface area contributed by atoms with Gasteiger partial charge in [-0.3, -0.25) is 0 Å². The van der Waals surface area contributed by atoms with Crippen LogP contribution in [0, 0.1) is 0 Å². The van der Waals surface area contributed by atoms with Gasteiger partial charge in [-0.25, -0.2) is 9.97 Å². The topological polar surface area (TPSA) is 75.9 Å². The third kappa shape index (κ3) is 3.25. The van der Waals surface area contributed by atoms with Gasteiger partial charge in [-0.1, -0.05) is 6.08 Å². The van der Waals surface area contributed by atoms with Gasteiger partial charge in [0.15, 0.2) is 15.4 Å². The molecule has 0 unspecified atom stereocenters. The average molecular weight is 297 g/mol. The molecule has 0 fully saturated rings. The number of nitrogens with two attached hydrogens (primary N) is 1. The first kappa shape index (κ1) is 12.9. The van der Waals surface area contributed by atoms with Crippen molar-refractivity contribution in [1.29, 1.82) is 0 Å². The van der Waals surface area contributed by atoms with E-state index < -0.39 is 0 Å². The molecule has 0 atom stereocenters. The minimum Gasteiger partial charge on any atom is -0.375 e. The Kier molecular flexibility index (Phi) is 4.24. The van der Waals surface area contributed by atoms with Crippen molar-refractivity contribution in [1.82, 2.24) is 15.3 Å². The first-order valence-electron chi connectivity index (χ1n) is 5.01. The summed E-state index contributed by atoms with van der Waals surface area (Å²) in [4.78, 5) is 8.56. The Bertz CT molecular complexity index is 559. The Balaban J connectivity index is 2.02. The Labute approximate surface area is 118 Å². The molecule has 2 heterocycles. The molecule has 0 aliphatic carbocycles. The molecule has 94 valence electrons. The minimum atomic E-state index is 0.522. The fourth-order valence-electron chi connectivity index (χ4n) is 1.16. The lowest BCUT2D eigenvalue weighted by molar-refractivity contribution is 1.06. The molecule has 2 aromatic heterocycles. The first-order valence-corrected chi connectivity index (χ1v) is 7.18. The zero-order chi connectivity index (χ0) is 13.0. The highest BCUT2D eigenvalue weighted by atomic mass is 32.1. The van der Waals surface area contributed by atoms with Gasteiger partial charge in [-0.05, 0) is 12.2 Å². The van der Waals surface area contributed by atoms with Crippen LogP contribution >= 0.6 is 34.9 Å². The molecular weight excluding hydrogens is 286 g/mol. The van der Waals surface area contributed by atoms with Gasteiger partial charge in [0.05, 0.1) is 0 Å². The molecule has 0 radical (unpaired) electrons. The third-order valence-corrected chi connectivity index (χ3v) is 3.59. The standard InChI is InChI=1S/C10H11N5S3/c1-2-3-12-9(16)15-10-14-7(5-18-10)6-4-17-8(11)13-6/h2,4-5H,1,3H2,(H2,11,13)(H2,12,14,15,16). The normalized spacial score (nSPS) is 10.0. The van der Waals surface area contributed by atoms with E-state index >= 15 is 0 Å². The summed E-state index contributed by atoms with van der Waals surface area (Å²) in [5.74, 6) is 0. The smallest absolute Gasteiger partial charge is 0.189 e. The van der Waals surface area contributed by atoms with E-state index in [4.69, 9.17) is 18.0 Å². The van der Waals surface area contributed by atoms with Crippen molar-refractivity contribution in [3.63, 3.8) is 0 Å². The van der Waals surface area contributed by atoms with Crippen LogP contribution in [0.5, 0.6) is 0 Å². The molecule has 0 aliphatic heterocycles. The lowest BCUT2D eigenvalue weighted by atomic mass is 10.4. The maximum absolute atomic E-state index is 5.59. The number of nitrogen functional groups attached to an aromatic ring is 1. The van der Waals surface area contributed by atoms with Crippen molar-refractivity contribution in [2.45, 2.75) is 0 Å². The lowest BCUT2D eigenvalue weighted by Crippen LogP contribution is -2.28. The molecule has 18 heavy (non-hydrogen) atoms. The lowest BCUT2D eigenvalue weighted by Gasteiger charge is -2.04. The number of nitrogens with one attached hydrogen (secondary N) is 2. The average Bonchev–Trinajstić information content (AvgIpc) is 2.95. The highest BCUT2D eigenvalue weighted by Gasteiger charge is 2.08. The van der Waals surface area contributed by atoms with Gasteiger partial charge >= 0.3 is 0 Å². The van der Waals surface area contributed by atoms with Gasteiger partial charge in [-0.15, -0.1) is 29.3 Å². The van der Waals surface area contributed by atoms with E-state index in [1.165, 1.54) is 22.7 Å². The van der Waals surface area contributed by atoms with Gasteiger partial charge in [0, 0.05) is 17.3 Å². The second kappa shape index (κ2) is 5.89. The van der Waals surface area contributed by atoms with Crippen LogP contribution < -0.4 is 16.4 Å². The van der Waals surface area contributed by atoms with Crippen molar-refractivity contribution in [2.24, 2.45) is 0 Å². The Morgan fingerprint density at radius 1 is 1.39 bits per heavy atom. The van der Waals surface area contributed by atoms with Crippen molar-refractivity contribution < 1.29 is 0 Å². The number of nitrogens with zero attached hydrogens (tertiary/aromatic N) is 2. The van der Waals surface area contributed by atoms with Gasteiger partial charge in [0.1, 0.15) is 11.4 Å². The van der Waals surface area contributed by atoms with Crippen molar-refractivity contribution >= 4 is 50.3 Å². The van der Waals surface area contributed by atoms with E-state index in [0.29, 0.717) is 16.8 Å². The summed E-state index contributed by atoms with van der Waals surface area (Å²) in [5, 5.41) is 11.5. The molecule has 5 nitrogen and oxygen atoms in total. The largest absolute Gasteiger partial charge is 0.375 e. The molecule has 2 rings (SSSR count). The predicted octanol–water partition coefficient (Wildman–Crippen LogP) is 2.32. The number of thiocarbonyl (C=S) groups is 1. The third-order valence-electron chi connectivity index (χ3n) is 1.92. The molecular formula is C10H11N5S3. The van der Waals surface area contributed by atoms with E-state index in [-0.39, 0.29) is 0 Å². The molecule has 4 N–H and O–H groups in total. The second-order valence-electron chi connectivity index (χ2n) is 3.23. The van der Waals surface area contributed by atoms with Crippen LogP contribution in [0.4, 0.5) is 10.3 Å². The predicted molar refractivity (Wildman–Crippen MR) is 82.1 cm³/mol. The fourth-order valence-corrected chi connectivity index (χ4v) is 2.67. The minimum absolute atomic E-state index is 0.522. The summed E-state index contributed by atoms with van der Waals surface area (Å²) in [6, 6.07) is 0. The highest BCUT2D eigenvalue weighted by molar-refractivity contribution is 7.80. The van der Waals surface area contributed by atoms with Crippen LogP contribution in [-0.4, -0.2) is 21.6 Å². The monoisotopic (exact) mass is 297 g/mol. The van der Waals surface area contributed by atoms with Crippen LogP contribution in [0.2, 0.25) is 0 Å². The van der Waals surface area contributed by atoms with Crippen molar-refractivity contribution in [2.75, 3.05) is 17.6 Å². The summed E-state index contributed by atoms with van der Waals surface area (Å²) < 4.78 is 0. The summed E-state index contributed by atoms with van der Waals surface area (Å²) in [5.41, 5.74) is 7.16. The molecule has 0 spiro atoms. The van der Waals surface area contributed by atoms with E-state index in [0.717, 1.165) is 16.5 Å². The molecule has 0 amide bonds. The van der Waals surface area contributed by atoms with Crippen LogP contribution in [0.15, 0.2) is 23.4 Å². The zero-order valence-corrected chi connectivity index (χ0v) is 11.8. The first-order chi connectivity index (χ1) is 8.69. The van der Waals surface area contributed by atoms with E-state index in [1.807, 2.05) is 10.8 Å². The number of hydrogen-bond acceptors (Lipinski definition) is 6. The molecule has 8 heteroatoms. The van der Waals surface area contributed by atoms with E-state index in [2.05, 4.69) is 27.2 Å². The molecule has 0 aliphatic rings. The number of anilines is 2. The maximum Gasteiger partial charge on any atom is 0.189 e. The quantitative estimate of drug-likeness (QED) is 0.594. The molecule has 0 bridgehead atoms. The molecule has 0 saturated heterocycles. The summed E-state index contributed by atoms with van der Waals surface area (Å²) in [6.07, 6.45) is 1.74. The van der Waals surface area contributed by atoms with Crippen molar-refractivity contribution in [3.05, 3.63) is 23.4 Å². The van der Waals surface area contributed by atoms with Crippen LogP contribution in [0.1, 0.15) is 0 Å². The summed E-state index contributed by atoms with van der Waals surface area (Å²) >= 11 is 7.95. The number of thiazole rings is 2. The van der Waals surface area contributed by atoms with Gasteiger partial charge < -0.3 is 16.4 Å². The molecule has 0 saturated carbocycles. The Morgan fingerprint density at radius 3 is 2.78 bits per heavy atom. The number of aromatic nitrogens is 2. The van der Waals surface area contributed by atoms with Crippen molar-refractivity contribution in [3.8, 4) is 11.4 Å². The van der Waals surface area contributed by atoms with Gasteiger partial charge in [-0.2, -0.15) is 0 Å². The summed E-state index contributed by atoms with van der Waals surface area (Å²) in [6.45, 7) is 4.22. The van der Waals surface area contributed by atoms with Gasteiger partial charge in [0.2, 0.25) is 0 Å².